The van der Waals surface area contributed by atoms with Crippen molar-refractivity contribution in [3.8, 4) is 16.8 Å². The zero-order chi connectivity index (χ0) is 25.1. The minimum Gasteiger partial charge on any atom is -0.299 e. The third kappa shape index (κ3) is 3.13. The molecule has 0 fully saturated rings. The second-order valence-corrected chi connectivity index (χ2v) is 10.1. The molecule has 0 unspecified atom stereocenters. The molecule has 0 N–H and O–H groups in total. The van der Waals surface area contributed by atoms with Crippen molar-refractivity contribution in [1.29, 1.82) is 0 Å². The third-order valence-electron chi connectivity index (χ3n) is 7.96. The van der Waals surface area contributed by atoms with E-state index >= 15 is 0 Å². The van der Waals surface area contributed by atoms with Crippen LogP contribution in [0.5, 0.6) is 0 Å². The van der Waals surface area contributed by atoms with E-state index in [9.17, 15) is 0 Å². The summed E-state index contributed by atoms with van der Waals surface area (Å²) in [6.07, 6.45) is 6.72. The quantitative estimate of drug-likeness (QED) is 0.236. The van der Waals surface area contributed by atoms with Crippen LogP contribution in [0.2, 0.25) is 0 Å². The number of allylic oxidation sites excluding steroid dienone is 4. The molecule has 38 heavy (non-hydrogen) atoms. The minimum absolute atomic E-state index is 0.992. The van der Waals surface area contributed by atoms with Gasteiger partial charge in [-0.2, -0.15) is 0 Å². The average Bonchev–Trinajstić information content (AvgIpc) is 3.31. The predicted octanol–water partition coefficient (Wildman–Crippen LogP) is 9.66. The van der Waals surface area contributed by atoms with Gasteiger partial charge in [-0.05, 0) is 65.1 Å². The summed E-state index contributed by atoms with van der Waals surface area (Å²) in [4.78, 5) is 2.51. The molecule has 180 valence electrons. The molecule has 2 heterocycles. The fourth-order valence-corrected chi connectivity index (χ4v) is 6.28. The first-order chi connectivity index (χ1) is 18.9. The van der Waals surface area contributed by atoms with E-state index in [2.05, 4.69) is 143 Å². The van der Waals surface area contributed by atoms with Gasteiger partial charge in [0.1, 0.15) is 5.82 Å². The van der Waals surface area contributed by atoms with Crippen molar-refractivity contribution in [2.45, 2.75) is 12.8 Å². The fourth-order valence-electron chi connectivity index (χ4n) is 6.28. The summed E-state index contributed by atoms with van der Waals surface area (Å²) in [5, 5.41) is 3.82. The topological polar surface area (TPSA) is 8.17 Å². The summed E-state index contributed by atoms with van der Waals surface area (Å²) in [6, 6.07) is 44.2. The van der Waals surface area contributed by atoms with Crippen LogP contribution in [0.15, 0.2) is 139 Å². The Balaban J connectivity index is 1.49. The van der Waals surface area contributed by atoms with Crippen LogP contribution in [0, 0.1) is 0 Å². The first-order valence-electron chi connectivity index (χ1n) is 13.4. The molecule has 2 aliphatic rings. The van der Waals surface area contributed by atoms with Crippen LogP contribution in [0.4, 0.5) is 11.5 Å². The van der Waals surface area contributed by atoms with E-state index in [1.165, 1.54) is 66.8 Å². The van der Waals surface area contributed by atoms with Crippen LogP contribution >= 0.6 is 0 Å². The van der Waals surface area contributed by atoms with Gasteiger partial charge in [-0.15, -0.1) is 0 Å². The number of benzene rings is 5. The monoisotopic (exact) mass is 486 g/mol. The Morgan fingerprint density at radius 3 is 2.32 bits per heavy atom. The largest absolute Gasteiger partial charge is 0.299 e. The molecule has 0 amide bonds. The number of para-hydroxylation sites is 1. The van der Waals surface area contributed by atoms with Crippen molar-refractivity contribution < 1.29 is 0 Å². The average molecular weight is 487 g/mol. The lowest BCUT2D eigenvalue weighted by Gasteiger charge is -2.30. The van der Waals surface area contributed by atoms with Gasteiger partial charge in [0.15, 0.2) is 0 Å². The van der Waals surface area contributed by atoms with Crippen LogP contribution in [0.3, 0.4) is 0 Å². The van der Waals surface area contributed by atoms with Gasteiger partial charge in [-0.3, -0.25) is 9.47 Å². The minimum atomic E-state index is 0.992. The molecule has 1 aromatic heterocycles. The van der Waals surface area contributed by atoms with E-state index in [4.69, 9.17) is 0 Å². The first-order valence-corrected chi connectivity index (χ1v) is 13.4. The summed E-state index contributed by atoms with van der Waals surface area (Å²) in [6.45, 7) is 0. The van der Waals surface area contributed by atoms with Gasteiger partial charge in [0.2, 0.25) is 0 Å². The van der Waals surface area contributed by atoms with E-state index in [0.29, 0.717) is 0 Å². The van der Waals surface area contributed by atoms with E-state index in [1.54, 1.807) is 0 Å². The maximum Gasteiger partial charge on any atom is 0.123 e. The molecule has 6 aromatic rings. The van der Waals surface area contributed by atoms with Crippen molar-refractivity contribution >= 4 is 38.8 Å². The summed E-state index contributed by atoms with van der Waals surface area (Å²) < 4.78 is 2.47. The van der Waals surface area contributed by atoms with E-state index in [1.807, 2.05) is 0 Å². The van der Waals surface area contributed by atoms with Gasteiger partial charge < -0.3 is 0 Å². The van der Waals surface area contributed by atoms with E-state index < -0.39 is 0 Å². The van der Waals surface area contributed by atoms with Gasteiger partial charge in [0.25, 0.3) is 0 Å². The highest BCUT2D eigenvalue weighted by atomic mass is 15.3. The smallest absolute Gasteiger partial charge is 0.123 e. The van der Waals surface area contributed by atoms with Gasteiger partial charge >= 0.3 is 0 Å². The lowest BCUT2D eigenvalue weighted by molar-refractivity contribution is 0.913. The first kappa shape index (κ1) is 21.3. The highest BCUT2D eigenvalue weighted by molar-refractivity contribution is 6.05. The van der Waals surface area contributed by atoms with Crippen molar-refractivity contribution in [3.63, 3.8) is 0 Å². The Labute approximate surface area is 222 Å². The van der Waals surface area contributed by atoms with Crippen LogP contribution in [-0.4, -0.2) is 4.57 Å². The Bertz CT molecular complexity index is 1920. The molecule has 0 atom stereocenters. The van der Waals surface area contributed by atoms with Gasteiger partial charge in [0, 0.05) is 27.9 Å². The number of nitrogens with zero attached hydrogens (tertiary/aromatic N) is 2. The number of anilines is 2. The molecule has 0 bridgehead atoms. The lowest BCUT2D eigenvalue weighted by Crippen LogP contribution is -2.19. The number of fused-ring (bicyclic) bond motifs is 8. The molecular weight excluding hydrogens is 460 g/mol. The predicted molar refractivity (Wildman–Crippen MR) is 160 cm³/mol. The second kappa shape index (κ2) is 8.36. The summed E-state index contributed by atoms with van der Waals surface area (Å²) in [5.41, 5.74) is 10.1. The highest BCUT2D eigenvalue weighted by Gasteiger charge is 2.30. The fraction of sp³-hybridized carbons (Fsp3) is 0.0556. The molecule has 5 aromatic carbocycles. The molecule has 2 heteroatoms. The van der Waals surface area contributed by atoms with Gasteiger partial charge in [0.05, 0.1) is 11.2 Å². The number of aromatic nitrogens is 1. The van der Waals surface area contributed by atoms with Gasteiger partial charge in [-0.25, -0.2) is 0 Å². The van der Waals surface area contributed by atoms with Crippen LogP contribution in [-0.2, 0) is 0 Å². The second-order valence-electron chi connectivity index (χ2n) is 10.1. The van der Waals surface area contributed by atoms with Crippen LogP contribution in [0.25, 0.3) is 44.1 Å². The zero-order valence-electron chi connectivity index (χ0n) is 21.0. The van der Waals surface area contributed by atoms with Crippen LogP contribution in [0.1, 0.15) is 18.4 Å². The van der Waals surface area contributed by atoms with E-state index in [-0.39, 0.29) is 0 Å². The molecule has 1 aliphatic carbocycles. The van der Waals surface area contributed by atoms with Gasteiger partial charge in [-0.1, -0.05) is 103 Å². The molecular formula is C36H26N2. The Morgan fingerprint density at radius 2 is 1.39 bits per heavy atom. The normalized spacial score (nSPS) is 14.4. The summed E-state index contributed by atoms with van der Waals surface area (Å²) in [5.74, 6) is 1.19. The zero-order valence-corrected chi connectivity index (χ0v) is 21.0. The SMILES string of the molecule is C1=CC2=C(CC1)N(c1cccc(-c3ccccc3)c1)c1cc3ccccc3n1-c1ccc3ccccc3c12. The maximum atomic E-state index is 2.51. The molecule has 0 radical (unpaired) electrons. The third-order valence-corrected chi connectivity index (χ3v) is 7.96. The van der Waals surface area contributed by atoms with E-state index in [0.717, 1.165) is 12.8 Å². The number of rotatable bonds is 2. The highest BCUT2D eigenvalue weighted by Crippen LogP contribution is 2.48. The molecule has 1 aliphatic heterocycles. The Morgan fingerprint density at radius 1 is 0.605 bits per heavy atom. The molecule has 8 rings (SSSR count). The van der Waals surface area contributed by atoms with Crippen molar-refractivity contribution in [1.82, 2.24) is 4.57 Å². The molecule has 2 nitrogen and oxygen atoms in total. The number of hydrogen-bond donors (Lipinski definition) is 0. The maximum absolute atomic E-state index is 2.51. The Hall–Kier alpha value is -4.82. The molecule has 0 saturated heterocycles. The van der Waals surface area contributed by atoms with Crippen molar-refractivity contribution in [2.75, 3.05) is 4.90 Å². The summed E-state index contributed by atoms with van der Waals surface area (Å²) in [7, 11) is 0. The Kier molecular flexibility index (Phi) is 4.68. The number of hydrogen-bond acceptors (Lipinski definition) is 1. The van der Waals surface area contributed by atoms with Crippen LogP contribution < -0.4 is 4.90 Å². The molecule has 0 saturated carbocycles. The standard InChI is InChI=1S/C36H26N2/c1-2-11-25(12-3-1)27-15-10-16-29(23-27)37-33-20-9-7-18-31(33)36-30-17-6-4-13-26(30)21-22-34(36)38-32-19-8-5-14-28(32)24-35(37)38/h1-8,10-19,21-24H,9,20H2. The summed E-state index contributed by atoms with van der Waals surface area (Å²) >= 11 is 0. The molecule has 0 spiro atoms. The van der Waals surface area contributed by atoms with Crippen molar-refractivity contribution in [2.24, 2.45) is 0 Å². The lowest BCUT2D eigenvalue weighted by atomic mass is 9.90. The van der Waals surface area contributed by atoms with Crippen molar-refractivity contribution in [3.05, 3.63) is 145 Å².